The standard InChI is InChI=1S/C14H19N5O2S/c1-9-6-14(18-17-9)13-7-12(15-10(2)16-13)11-4-5-19(8-11)22(3,20)21/h6-7,11H,4-5,8H2,1-3H3,(H,17,18)/t11-/m0/s1. The molecule has 0 spiro atoms. The molecule has 0 amide bonds. The van der Waals surface area contributed by atoms with Crippen molar-refractivity contribution in [3.8, 4) is 11.4 Å². The van der Waals surface area contributed by atoms with Gasteiger partial charge in [0.15, 0.2) is 0 Å². The number of nitrogens with zero attached hydrogens (tertiary/aromatic N) is 4. The molecule has 22 heavy (non-hydrogen) atoms. The zero-order valence-electron chi connectivity index (χ0n) is 12.9. The van der Waals surface area contributed by atoms with E-state index in [0.29, 0.717) is 18.9 Å². The summed E-state index contributed by atoms with van der Waals surface area (Å²) in [5.74, 6) is 0.779. The lowest BCUT2D eigenvalue weighted by Crippen LogP contribution is -2.27. The van der Waals surface area contributed by atoms with E-state index in [1.54, 1.807) is 0 Å². The van der Waals surface area contributed by atoms with E-state index >= 15 is 0 Å². The number of aromatic amines is 1. The Morgan fingerprint density at radius 3 is 2.59 bits per heavy atom. The van der Waals surface area contributed by atoms with Crippen LogP contribution in [0.4, 0.5) is 0 Å². The van der Waals surface area contributed by atoms with Crippen LogP contribution in [0.1, 0.15) is 29.6 Å². The second-order valence-electron chi connectivity index (χ2n) is 5.77. The van der Waals surface area contributed by atoms with Gasteiger partial charge in [0, 0.05) is 30.4 Å². The van der Waals surface area contributed by atoms with Gasteiger partial charge in [-0.3, -0.25) is 5.10 Å². The highest BCUT2D eigenvalue weighted by Gasteiger charge is 2.30. The van der Waals surface area contributed by atoms with Gasteiger partial charge in [-0.15, -0.1) is 0 Å². The Hall–Kier alpha value is -1.80. The predicted molar refractivity (Wildman–Crippen MR) is 82.9 cm³/mol. The van der Waals surface area contributed by atoms with E-state index in [2.05, 4.69) is 20.2 Å². The van der Waals surface area contributed by atoms with Gasteiger partial charge in [-0.1, -0.05) is 0 Å². The van der Waals surface area contributed by atoms with Crippen molar-refractivity contribution in [3.63, 3.8) is 0 Å². The molecule has 3 heterocycles. The van der Waals surface area contributed by atoms with Crippen LogP contribution in [0.15, 0.2) is 12.1 Å². The number of sulfonamides is 1. The summed E-state index contributed by atoms with van der Waals surface area (Å²) in [5, 5.41) is 7.13. The number of aromatic nitrogens is 4. The topological polar surface area (TPSA) is 91.8 Å². The fourth-order valence-corrected chi connectivity index (χ4v) is 3.64. The highest BCUT2D eigenvalue weighted by Crippen LogP contribution is 2.29. The third-order valence-electron chi connectivity index (χ3n) is 3.86. The molecule has 1 aliphatic heterocycles. The van der Waals surface area contributed by atoms with Crippen molar-refractivity contribution in [1.29, 1.82) is 0 Å². The van der Waals surface area contributed by atoms with Crippen LogP contribution >= 0.6 is 0 Å². The maximum absolute atomic E-state index is 11.6. The Morgan fingerprint density at radius 2 is 2.00 bits per heavy atom. The number of hydrogen-bond acceptors (Lipinski definition) is 5. The Labute approximate surface area is 129 Å². The second-order valence-corrected chi connectivity index (χ2v) is 7.75. The van der Waals surface area contributed by atoms with Crippen molar-refractivity contribution in [2.45, 2.75) is 26.2 Å². The lowest BCUT2D eigenvalue weighted by molar-refractivity contribution is 0.477. The van der Waals surface area contributed by atoms with Crippen LogP contribution in [-0.2, 0) is 10.0 Å². The lowest BCUT2D eigenvalue weighted by atomic mass is 10.0. The molecule has 0 aromatic carbocycles. The van der Waals surface area contributed by atoms with Crippen molar-refractivity contribution in [3.05, 3.63) is 29.3 Å². The lowest BCUT2D eigenvalue weighted by Gasteiger charge is -2.13. The predicted octanol–water partition coefficient (Wildman–Crippen LogP) is 1.23. The zero-order chi connectivity index (χ0) is 15.9. The van der Waals surface area contributed by atoms with Crippen molar-refractivity contribution in [1.82, 2.24) is 24.5 Å². The van der Waals surface area contributed by atoms with Crippen LogP contribution in [0.25, 0.3) is 11.4 Å². The SMILES string of the molecule is Cc1nc(-c2cc(C)[nH]n2)cc([C@H]2CCN(S(C)(=O)=O)C2)n1. The van der Waals surface area contributed by atoms with Crippen LogP contribution in [0, 0.1) is 13.8 Å². The monoisotopic (exact) mass is 321 g/mol. The molecule has 1 fully saturated rings. The molecule has 2 aromatic rings. The summed E-state index contributed by atoms with van der Waals surface area (Å²) in [6.45, 7) is 4.81. The highest BCUT2D eigenvalue weighted by atomic mass is 32.2. The molecule has 1 N–H and O–H groups in total. The van der Waals surface area contributed by atoms with Gasteiger partial charge in [-0.2, -0.15) is 5.10 Å². The van der Waals surface area contributed by atoms with E-state index < -0.39 is 10.0 Å². The summed E-state index contributed by atoms with van der Waals surface area (Å²) >= 11 is 0. The molecular weight excluding hydrogens is 302 g/mol. The minimum Gasteiger partial charge on any atom is -0.282 e. The van der Waals surface area contributed by atoms with E-state index in [1.165, 1.54) is 10.6 Å². The molecule has 2 aromatic heterocycles. The summed E-state index contributed by atoms with van der Waals surface area (Å²) in [7, 11) is -3.14. The first kappa shape index (κ1) is 15.1. The van der Waals surface area contributed by atoms with Crippen molar-refractivity contribution in [2.75, 3.05) is 19.3 Å². The summed E-state index contributed by atoms with van der Waals surface area (Å²) in [6, 6.07) is 3.85. The summed E-state index contributed by atoms with van der Waals surface area (Å²) in [5.41, 5.74) is 3.40. The van der Waals surface area contributed by atoms with Crippen LogP contribution in [-0.4, -0.2) is 52.2 Å². The average molecular weight is 321 g/mol. The third-order valence-corrected chi connectivity index (χ3v) is 5.13. The van der Waals surface area contributed by atoms with Gasteiger partial charge in [0.05, 0.1) is 11.9 Å². The van der Waals surface area contributed by atoms with Gasteiger partial charge in [-0.05, 0) is 32.4 Å². The fraction of sp³-hybridized carbons (Fsp3) is 0.500. The molecule has 0 radical (unpaired) electrons. The minimum atomic E-state index is -3.14. The molecule has 118 valence electrons. The Bertz CT molecular complexity index is 799. The van der Waals surface area contributed by atoms with E-state index in [9.17, 15) is 8.42 Å². The molecule has 7 nitrogen and oxygen atoms in total. The van der Waals surface area contributed by atoms with Gasteiger partial charge in [0.2, 0.25) is 10.0 Å². The fourth-order valence-electron chi connectivity index (χ4n) is 2.75. The molecule has 0 bridgehead atoms. The van der Waals surface area contributed by atoms with Gasteiger partial charge < -0.3 is 0 Å². The van der Waals surface area contributed by atoms with Crippen LogP contribution in [0.2, 0.25) is 0 Å². The molecule has 8 heteroatoms. The molecule has 0 aliphatic carbocycles. The number of hydrogen-bond donors (Lipinski definition) is 1. The molecule has 0 saturated carbocycles. The largest absolute Gasteiger partial charge is 0.282 e. The molecule has 1 aliphatic rings. The first-order valence-corrected chi connectivity index (χ1v) is 9.01. The molecule has 0 unspecified atom stereocenters. The number of nitrogens with one attached hydrogen (secondary N) is 1. The van der Waals surface area contributed by atoms with Crippen LogP contribution in [0.5, 0.6) is 0 Å². The second kappa shape index (κ2) is 5.44. The highest BCUT2D eigenvalue weighted by molar-refractivity contribution is 7.88. The van der Waals surface area contributed by atoms with Gasteiger partial charge in [0.1, 0.15) is 11.5 Å². The van der Waals surface area contributed by atoms with Crippen LogP contribution in [0.3, 0.4) is 0 Å². The first-order chi connectivity index (χ1) is 10.3. The normalized spacial score (nSPS) is 19.7. The molecule has 1 atom stereocenters. The summed E-state index contributed by atoms with van der Waals surface area (Å²) < 4.78 is 24.8. The van der Waals surface area contributed by atoms with Gasteiger partial charge in [-0.25, -0.2) is 22.7 Å². The van der Waals surface area contributed by atoms with Crippen molar-refractivity contribution < 1.29 is 8.42 Å². The average Bonchev–Trinajstić information content (AvgIpc) is 3.05. The van der Waals surface area contributed by atoms with E-state index in [1.807, 2.05) is 26.0 Å². The van der Waals surface area contributed by atoms with Crippen molar-refractivity contribution >= 4 is 10.0 Å². The van der Waals surface area contributed by atoms with Gasteiger partial charge in [0.25, 0.3) is 0 Å². The first-order valence-electron chi connectivity index (χ1n) is 7.16. The molecular formula is C14H19N5O2S. The number of rotatable bonds is 3. The van der Waals surface area contributed by atoms with Crippen LogP contribution < -0.4 is 0 Å². The van der Waals surface area contributed by atoms with E-state index in [0.717, 1.165) is 29.2 Å². The summed E-state index contributed by atoms with van der Waals surface area (Å²) in [4.78, 5) is 8.93. The van der Waals surface area contributed by atoms with Gasteiger partial charge >= 0.3 is 0 Å². The number of aryl methyl sites for hydroxylation is 2. The minimum absolute atomic E-state index is 0.107. The third kappa shape index (κ3) is 3.02. The number of H-pyrrole nitrogens is 1. The Balaban J connectivity index is 1.91. The molecule has 3 rings (SSSR count). The summed E-state index contributed by atoms with van der Waals surface area (Å²) in [6.07, 6.45) is 2.03. The van der Waals surface area contributed by atoms with E-state index in [-0.39, 0.29) is 5.92 Å². The van der Waals surface area contributed by atoms with Crippen molar-refractivity contribution in [2.24, 2.45) is 0 Å². The maximum atomic E-state index is 11.6. The Kier molecular flexibility index (Phi) is 3.73. The zero-order valence-corrected chi connectivity index (χ0v) is 13.7. The smallest absolute Gasteiger partial charge is 0.211 e. The maximum Gasteiger partial charge on any atom is 0.211 e. The van der Waals surface area contributed by atoms with E-state index in [4.69, 9.17) is 0 Å². The Morgan fingerprint density at radius 1 is 1.23 bits per heavy atom. The molecule has 1 saturated heterocycles. The quantitative estimate of drug-likeness (QED) is 0.918.